The van der Waals surface area contributed by atoms with Gasteiger partial charge in [0, 0.05) is 19.5 Å². The molecule has 1 aliphatic heterocycles. The standard InChI is InChI=1S/C15H21ClFN3O3S.ClH/c1-10(21)20-14-8-13(17)15(7-12(14)16)24(22,23)19-6-4-11-3-2-5-18-9-11;/h7-8,11,18-19H,2-6,9H2,1H3,(H,20,21);1H. The molecule has 142 valence electrons. The van der Waals surface area contributed by atoms with E-state index in [1.807, 2.05) is 0 Å². The van der Waals surface area contributed by atoms with Gasteiger partial charge in [0.15, 0.2) is 0 Å². The van der Waals surface area contributed by atoms with E-state index in [0.29, 0.717) is 12.3 Å². The number of carbonyl (C=O) groups is 1. The van der Waals surface area contributed by atoms with E-state index in [0.717, 1.165) is 38.1 Å². The van der Waals surface area contributed by atoms with Crippen molar-refractivity contribution in [3.05, 3.63) is 23.0 Å². The summed E-state index contributed by atoms with van der Waals surface area (Å²) in [6.45, 7) is 3.35. The van der Waals surface area contributed by atoms with Crippen molar-refractivity contribution in [2.75, 3.05) is 25.0 Å². The lowest BCUT2D eigenvalue weighted by molar-refractivity contribution is -0.114. The van der Waals surface area contributed by atoms with Crippen LogP contribution in [0.15, 0.2) is 17.0 Å². The van der Waals surface area contributed by atoms with Crippen molar-refractivity contribution in [3.8, 4) is 0 Å². The second kappa shape index (κ2) is 9.68. The molecule has 1 saturated heterocycles. The molecule has 0 aromatic heterocycles. The lowest BCUT2D eigenvalue weighted by Crippen LogP contribution is -2.33. The third kappa shape index (κ3) is 6.38. The van der Waals surface area contributed by atoms with Crippen LogP contribution in [0.25, 0.3) is 0 Å². The van der Waals surface area contributed by atoms with E-state index in [2.05, 4.69) is 15.4 Å². The molecule has 1 heterocycles. The Morgan fingerprint density at radius 1 is 1.44 bits per heavy atom. The highest BCUT2D eigenvalue weighted by atomic mass is 35.5. The van der Waals surface area contributed by atoms with Crippen molar-refractivity contribution in [1.29, 1.82) is 0 Å². The Morgan fingerprint density at radius 3 is 2.76 bits per heavy atom. The maximum absolute atomic E-state index is 14.1. The maximum atomic E-state index is 14.1. The van der Waals surface area contributed by atoms with Gasteiger partial charge < -0.3 is 10.6 Å². The molecule has 0 aliphatic carbocycles. The van der Waals surface area contributed by atoms with Crippen molar-refractivity contribution >= 4 is 45.6 Å². The number of carbonyl (C=O) groups excluding carboxylic acids is 1. The molecular weight excluding hydrogens is 392 g/mol. The Hall–Kier alpha value is -0.930. The highest BCUT2D eigenvalue weighted by Crippen LogP contribution is 2.28. The van der Waals surface area contributed by atoms with Gasteiger partial charge in [-0.1, -0.05) is 11.6 Å². The van der Waals surface area contributed by atoms with Gasteiger partial charge in [0.2, 0.25) is 15.9 Å². The molecule has 1 fully saturated rings. The Bertz CT molecular complexity index is 710. The van der Waals surface area contributed by atoms with Crippen molar-refractivity contribution in [1.82, 2.24) is 10.0 Å². The predicted molar refractivity (Wildman–Crippen MR) is 98.4 cm³/mol. The van der Waals surface area contributed by atoms with Crippen LogP contribution in [0.5, 0.6) is 0 Å². The number of benzene rings is 1. The molecule has 1 amide bonds. The molecule has 1 aromatic rings. The molecule has 10 heteroatoms. The summed E-state index contributed by atoms with van der Waals surface area (Å²) in [6, 6.07) is 1.91. The maximum Gasteiger partial charge on any atom is 0.243 e. The molecule has 1 atom stereocenters. The first-order chi connectivity index (χ1) is 11.3. The number of hydrogen-bond acceptors (Lipinski definition) is 4. The first-order valence-corrected chi connectivity index (χ1v) is 9.62. The quantitative estimate of drug-likeness (QED) is 0.668. The summed E-state index contributed by atoms with van der Waals surface area (Å²) in [7, 11) is -4.00. The zero-order valence-corrected chi connectivity index (χ0v) is 16.2. The Balaban J connectivity index is 0.00000312. The molecule has 2 rings (SSSR count). The molecule has 1 unspecified atom stereocenters. The SMILES string of the molecule is CC(=O)Nc1cc(F)c(S(=O)(=O)NCCC2CCCNC2)cc1Cl.Cl. The summed E-state index contributed by atoms with van der Waals surface area (Å²) in [5.74, 6) is -0.974. The van der Waals surface area contributed by atoms with E-state index >= 15 is 0 Å². The van der Waals surface area contributed by atoms with Gasteiger partial charge in [0.1, 0.15) is 10.7 Å². The van der Waals surface area contributed by atoms with E-state index in [1.165, 1.54) is 6.92 Å². The van der Waals surface area contributed by atoms with Crippen LogP contribution in [0.2, 0.25) is 5.02 Å². The number of halogens is 3. The van der Waals surface area contributed by atoms with Crippen LogP contribution in [0, 0.1) is 11.7 Å². The number of amides is 1. The summed E-state index contributed by atoms with van der Waals surface area (Å²) in [6.07, 6.45) is 2.82. The highest BCUT2D eigenvalue weighted by Gasteiger charge is 2.22. The summed E-state index contributed by atoms with van der Waals surface area (Å²) >= 11 is 5.93. The topological polar surface area (TPSA) is 87.3 Å². The normalized spacial score (nSPS) is 17.6. The summed E-state index contributed by atoms with van der Waals surface area (Å²) < 4.78 is 41.1. The minimum atomic E-state index is -4.00. The van der Waals surface area contributed by atoms with Gasteiger partial charge in [-0.3, -0.25) is 4.79 Å². The van der Waals surface area contributed by atoms with Crippen molar-refractivity contribution < 1.29 is 17.6 Å². The fourth-order valence-electron chi connectivity index (χ4n) is 2.67. The van der Waals surface area contributed by atoms with Gasteiger partial charge in [-0.25, -0.2) is 17.5 Å². The van der Waals surface area contributed by atoms with Gasteiger partial charge in [-0.2, -0.15) is 0 Å². The van der Waals surface area contributed by atoms with E-state index in [9.17, 15) is 17.6 Å². The molecular formula is C15H22Cl2FN3O3S. The second-order valence-electron chi connectivity index (χ2n) is 5.84. The van der Waals surface area contributed by atoms with E-state index in [4.69, 9.17) is 11.6 Å². The zero-order valence-electron chi connectivity index (χ0n) is 13.8. The van der Waals surface area contributed by atoms with Gasteiger partial charge in [-0.05, 0) is 44.3 Å². The minimum absolute atomic E-state index is 0. The van der Waals surface area contributed by atoms with Gasteiger partial charge in [-0.15, -0.1) is 12.4 Å². The number of anilines is 1. The van der Waals surface area contributed by atoms with Gasteiger partial charge >= 0.3 is 0 Å². The zero-order chi connectivity index (χ0) is 17.7. The fourth-order valence-corrected chi connectivity index (χ4v) is 4.07. The Morgan fingerprint density at radius 2 is 2.16 bits per heavy atom. The monoisotopic (exact) mass is 413 g/mol. The average Bonchev–Trinajstić information content (AvgIpc) is 2.51. The van der Waals surface area contributed by atoms with Crippen LogP contribution in [-0.4, -0.2) is 34.0 Å². The number of sulfonamides is 1. The van der Waals surface area contributed by atoms with E-state index < -0.39 is 26.6 Å². The van der Waals surface area contributed by atoms with Crippen molar-refractivity contribution in [2.45, 2.75) is 31.1 Å². The molecule has 1 aliphatic rings. The average molecular weight is 414 g/mol. The van der Waals surface area contributed by atoms with Crippen LogP contribution in [-0.2, 0) is 14.8 Å². The van der Waals surface area contributed by atoms with Crippen molar-refractivity contribution in [2.24, 2.45) is 5.92 Å². The number of piperidine rings is 1. The first-order valence-electron chi connectivity index (χ1n) is 7.76. The molecule has 6 nitrogen and oxygen atoms in total. The smallest absolute Gasteiger partial charge is 0.243 e. The molecule has 25 heavy (non-hydrogen) atoms. The van der Waals surface area contributed by atoms with Crippen LogP contribution in [0.1, 0.15) is 26.2 Å². The molecule has 1 aromatic carbocycles. The lowest BCUT2D eigenvalue weighted by Gasteiger charge is -2.22. The largest absolute Gasteiger partial charge is 0.325 e. The third-order valence-electron chi connectivity index (χ3n) is 3.87. The lowest BCUT2D eigenvalue weighted by atomic mass is 9.96. The number of hydrogen-bond donors (Lipinski definition) is 3. The minimum Gasteiger partial charge on any atom is -0.325 e. The van der Waals surface area contributed by atoms with E-state index in [1.54, 1.807) is 0 Å². The van der Waals surface area contributed by atoms with Crippen molar-refractivity contribution in [3.63, 3.8) is 0 Å². The van der Waals surface area contributed by atoms with E-state index in [-0.39, 0.29) is 29.7 Å². The molecule has 0 spiro atoms. The van der Waals surface area contributed by atoms with Crippen LogP contribution in [0.4, 0.5) is 10.1 Å². The third-order valence-corrected chi connectivity index (χ3v) is 5.65. The van der Waals surface area contributed by atoms with Crippen LogP contribution >= 0.6 is 24.0 Å². The Kier molecular flexibility index (Phi) is 8.56. The molecule has 0 bridgehead atoms. The summed E-state index contributed by atoms with van der Waals surface area (Å²) in [5.41, 5.74) is 0.0360. The Labute approximate surface area is 158 Å². The molecule has 0 radical (unpaired) electrons. The summed E-state index contributed by atoms with van der Waals surface area (Å²) in [4.78, 5) is 10.5. The number of nitrogens with one attached hydrogen (secondary N) is 3. The van der Waals surface area contributed by atoms with Gasteiger partial charge in [0.25, 0.3) is 0 Å². The van der Waals surface area contributed by atoms with Crippen LogP contribution in [0.3, 0.4) is 0 Å². The highest BCUT2D eigenvalue weighted by molar-refractivity contribution is 7.89. The van der Waals surface area contributed by atoms with Gasteiger partial charge in [0.05, 0.1) is 10.7 Å². The first kappa shape index (κ1) is 22.1. The molecule has 0 saturated carbocycles. The predicted octanol–water partition coefficient (Wildman–Crippen LogP) is 2.53. The fraction of sp³-hybridized carbons (Fsp3) is 0.533. The van der Waals surface area contributed by atoms with Crippen LogP contribution < -0.4 is 15.4 Å². The molecule has 3 N–H and O–H groups in total. The number of rotatable bonds is 6. The second-order valence-corrected chi connectivity index (χ2v) is 7.99. The summed E-state index contributed by atoms with van der Waals surface area (Å²) in [5, 5.41) is 5.57.